The summed E-state index contributed by atoms with van der Waals surface area (Å²) in [7, 11) is 0. The van der Waals surface area contributed by atoms with Crippen molar-refractivity contribution >= 4 is 0 Å². The number of fused-ring (bicyclic) bond motifs is 1. The summed E-state index contributed by atoms with van der Waals surface area (Å²) in [6.07, 6.45) is 1.12. The molecule has 0 aliphatic carbocycles. The first-order chi connectivity index (χ1) is 8.68. The van der Waals surface area contributed by atoms with Gasteiger partial charge < -0.3 is 10.1 Å². The fraction of sp³-hybridized carbons (Fsp3) is 0.600. The minimum Gasteiger partial charge on any atom is -0.486 e. The molecule has 1 fully saturated rings. The molecule has 3 heteroatoms. The summed E-state index contributed by atoms with van der Waals surface area (Å²) >= 11 is 0. The van der Waals surface area contributed by atoms with Crippen LogP contribution >= 0.6 is 0 Å². The highest BCUT2D eigenvalue weighted by Crippen LogP contribution is 2.29. The van der Waals surface area contributed by atoms with E-state index >= 15 is 0 Å². The molecular weight excluding hydrogens is 224 g/mol. The monoisotopic (exact) mass is 246 g/mol. The Bertz CT molecular complexity index is 446. The van der Waals surface area contributed by atoms with Crippen molar-refractivity contribution in [1.82, 2.24) is 10.2 Å². The number of nitrogens with zero attached hydrogens (tertiary/aromatic N) is 1. The van der Waals surface area contributed by atoms with Crippen molar-refractivity contribution in [3.63, 3.8) is 0 Å². The van der Waals surface area contributed by atoms with Crippen LogP contribution in [0.2, 0.25) is 0 Å². The van der Waals surface area contributed by atoms with E-state index in [-0.39, 0.29) is 5.60 Å². The average molecular weight is 246 g/mol. The molecule has 2 aliphatic rings. The summed E-state index contributed by atoms with van der Waals surface area (Å²) in [5.41, 5.74) is 2.78. The van der Waals surface area contributed by atoms with Gasteiger partial charge in [-0.1, -0.05) is 13.0 Å². The number of likely N-dealkylation sites (N-methyl/N-ethyl adjacent to an activating group) is 1. The molecule has 1 aromatic carbocycles. The second-order valence-corrected chi connectivity index (χ2v) is 5.70. The Labute approximate surface area is 109 Å². The minimum atomic E-state index is -0.0176. The molecule has 0 amide bonds. The molecule has 1 unspecified atom stereocenters. The average Bonchev–Trinajstić information content (AvgIpc) is 2.95. The number of nitrogens with one attached hydrogen (secondary N) is 1. The molecule has 0 bridgehead atoms. The molecular formula is C15H22N2O. The van der Waals surface area contributed by atoms with Gasteiger partial charge in [0.2, 0.25) is 0 Å². The van der Waals surface area contributed by atoms with Crippen molar-refractivity contribution in [2.75, 3.05) is 19.6 Å². The maximum atomic E-state index is 6.25. The van der Waals surface area contributed by atoms with E-state index in [1.165, 1.54) is 11.1 Å². The first-order valence-electron chi connectivity index (χ1n) is 6.92. The zero-order chi connectivity index (χ0) is 12.6. The van der Waals surface area contributed by atoms with Crippen molar-refractivity contribution < 1.29 is 4.74 Å². The first kappa shape index (κ1) is 12.0. The summed E-state index contributed by atoms with van der Waals surface area (Å²) in [5, 5.41) is 3.37. The predicted molar refractivity (Wildman–Crippen MR) is 72.7 cm³/mol. The molecule has 2 aliphatic heterocycles. The molecule has 0 saturated carbocycles. The largest absolute Gasteiger partial charge is 0.486 e. The van der Waals surface area contributed by atoms with Gasteiger partial charge in [0.25, 0.3) is 0 Å². The van der Waals surface area contributed by atoms with E-state index in [4.69, 9.17) is 4.74 Å². The lowest BCUT2D eigenvalue weighted by atomic mass is 10.1. The lowest BCUT2D eigenvalue weighted by Gasteiger charge is -2.26. The molecule has 1 aromatic rings. The van der Waals surface area contributed by atoms with E-state index in [1.54, 1.807) is 0 Å². The van der Waals surface area contributed by atoms with Crippen molar-refractivity contribution in [3.8, 4) is 5.75 Å². The highest BCUT2D eigenvalue weighted by Gasteiger charge is 2.35. The number of benzene rings is 1. The van der Waals surface area contributed by atoms with Gasteiger partial charge in [0, 0.05) is 32.6 Å². The highest BCUT2D eigenvalue weighted by atomic mass is 16.5. The molecule has 3 rings (SSSR count). The van der Waals surface area contributed by atoms with Crippen LogP contribution in [0.5, 0.6) is 5.75 Å². The van der Waals surface area contributed by atoms with Crippen LogP contribution in [0.1, 0.15) is 31.4 Å². The summed E-state index contributed by atoms with van der Waals surface area (Å²) in [4.78, 5) is 2.45. The number of likely N-dealkylation sites (tertiary alicyclic amines) is 1. The van der Waals surface area contributed by atoms with Gasteiger partial charge in [-0.2, -0.15) is 0 Å². The zero-order valence-corrected chi connectivity index (χ0v) is 11.3. The van der Waals surface area contributed by atoms with Gasteiger partial charge in [-0.15, -0.1) is 0 Å². The SMILES string of the molecule is CCN1CCC(C)(Oc2ccc3c(c2)CNC3)C1. The smallest absolute Gasteiger partial charge is 0.120 e. The fourth-order valence-corrected chi connectivity index (χ4v) is 3.00. The zero-order valence-electron chi connectivity index (χ0n) is 11.3. The summed E-state index contributed by atoms with van der Waals surface area (Å²) in [6.45, 7) is 9.73. The van der Waals surface area contributed by atoms with Gasteiger partial charge in [0.1, 0.15) is 11.4 Å². The number of rotatable bonds is 3. The van der Waals surface area contributed by atoms with Crippen LogP contribution < -0.4 is 10.1 Å². The molecule has 18 heavy (non-hydrogen) atoms. The van der Waals surface area contributed by atoms with Crippen LogP contribution in [-0.2, 0) is 13.1 Å². The Balaban J connectivity index is 1.73. The maximum absolute atomic E-state index is 6.25. The molecule has 2 heterocycles. The van der Waals surface area contributed by atoms with Crippen LogP contribution in [0, 0.1) is 0 Å². The lowest BCUT2D eigenvalue weighted by Crippen LogP contribution is -2.36. The molecule has 1 saturated heterocycles. The molecule has 0 aromatic heterocycles. The van der Waals surface area contributed by atoms with Crippen molar-refractivity contribution in [2.45, 2.75) is 39.0 Å². The van der Waals surface area contributed by atoms with Crippen LogP contribution in [0.15, 0.2) is 18.2 Å². The van der Waals surface area contributed by atoms with Gasteiger partial charge in [-0.05, 0) is 36.7 Å². The summed E-state index contributed by atoms with van der Waals surface area (Å²) in [6, 6.07) is 6.52. The Morgan fingerprint density at radius 1 is 1.33 bits per heavy atom. The Morgan fingerprint density at radius 3 is 2.94 bits per heavy atom. The quantitative estimate of drug-likeness (QED) is 0.884. The van der Waals surface area contributed by atoms with Gasteiger partial charge in [-0.25, -0.2) is 0 Å². The molecule has 3 nitrogen and oxygen atoms in total. The second kappa shape index (κ2) is 4.56. The molecule has 1 atom stereocenters. The van der Waals surface area contributed by atoms with E-state index in [9.17, 15) is 0 Å². The molecule has 1 N–H and O–H groups in total. The third-order valence-electron chi connectivity index (χ3n) is 4.14. The number of hydrogen-bond donors (Lipinski definition) is 1. The molecule has 0 radical (unpaired) electrons. The molecule has 98 valence electrons. The van der Waals surface area contributed by atoms with Gasteiger partial charge >= 0.3 is 0 Å². The van der Waals surface area contributed by atoms with Gasteiger partial charge in [0.15, 0.2) is 0 Å². The molecule has 0 spiro atoms. The van der Waals surface area contributed by atoms with Crippen molar-refractivity contribution in [3.05, 3.63) is 29.3 Å². The Morgan fingerprint density at radius 2 is 2.17 bits per heavy atom. The Hall–Kier alpha value is -1.06. The predicted octanol–water partition coefficient (Wildman–Crippen LogP) is 2.15. The van der Waals surface area contributed by atoms with E-state index in [1.807, 2.05) is 0 Å². The second-order valence-electron chi connectivity index (χ2n) is 5.70. The normalized spacial score (nSPS) is 27.4. The van der Waals surface area contributed by atoms with E-state index in [0.29, 0.717) is 0 Å². The highest BCUT2D eigenvalue weighted by molar-refractivity contribution is 5.38. The third kappa shape index (κ3) is 2.25. The Kier molecular flexibility index (Phi) is 3.04. The van der Waals surface area contributed by atoms with Crippen LogP contribution in [0.3, 0.4) is 0 Å². The standard InChI is InChI=1S/C15H22N2O/c1-3-17-7-6-15(2,11-17)18-14-5-4-12-9-16-10-13(12)8-14/h4-5,8,16H,3,6-7,9-11H2,1-2H3. The summed E-state index contributed by atoms with van der Waals surface area (Å²) in [5.74, 6) is 1.03. The van der Waals surface area contributed by atoms with Crippen LogP contribution in [0.4, 0.5) is 0 Å². The third-order valence-corrected chi connectivity index (χ3v) is 4.14. The summed E-state index contributed by atoms with van der Waals surface area (Å²) < 4.78 is 6.25. The van der Waals surface area contributed by atoms with Crippen LogP contribution in [0.25, 0.3) is 0 Å². The van der Waals surface area contributed by atoms with E-state index < -0.39 is 0 Å². The van der Waals surface area contributed by atoms with Crippen molar-refractivity contribution in [2.24, 2.45) is 0 Å². The topological polar surface area (TPSA) is 24.5 Å². The maximum Gasteiger partial charge on any atom is 0.120 e. The first-order valence-corrected chi connectivity index (χ1v) is 6.92. The van der Waals surface area contributed by atoms with E-state index in [2.05, 4.69) is 42.3 Å². The lowest BCUT2D eigenvalue weighted by molar-refractivity contribution is 0.0969. The minimum absolute atomic E-state index is 0.0176. The van der Waals surface area contributed by atoms with Gasteiger partial charge in [0.05, 0.1) is 0 Å². The van der Waals surface area contributed by atoms with Crippen LogP contribution in [-0.4, -0.2) is 30.1 Å². The van der Waals surface area contributed by atoms with Crippen molar-refractivity contribution in [1.29, 1.82) is 0 Å². The number of hydrogen-bond acceptors (Lipinski definition) is 3. The van der Waals surface area contributed by atoms with Gasteiger partial charge in [-0.3, -0.25) is 4.90 Å². The van der Waals surface area contributed by atoms with E-state index in [0.717, 1.165) is 44.9 Å². The fourth-order valence-electron chi connectivity index (χ4n) is 3.00. The number of ether oxygens (including phenoxy) is 1.